The van der Waals surface area contributed by atoms with Crippen LogP contribution in [0.15, 0.2) is 67.0 Å². The van der Waals surface area contributed by atoms with E-state index >= 15 is 0 Å². The van der Waals surface area contributed by atoms with E-state index in [0.717, 1.165) is 49.8 Å². The van der Waals surface area contributed by atoms with Crippen molar-refractivity contribution in [3.05, 3.63) is 78.2 Å². The van der Waals surface area contributed by atoms with Gasteiger partial charge in [-0.3, -0.25) is 4.90 Å². The summed E-state index contributed by atoms with van der Waals surface area (Å²) in [5, 5.41) is 9.89. The fourth-order valence-electron chi connectivity index (χ4n) is 3.79. The third-order valence-corrected chi connectivity index (χ3v) is 5.51. The van der Waals surface area contributed by atoms with Gasteiger partial charge in [-0.15, -0.1) is 0 Å². The second-order valence-corrected chi connectivity index (χ2v) is 8.17. The fraction of sp³-hybridized carbons (Fsp3) is 0.240. The first kappa shape index (κ1) is 21.9. The summed E-state index contributed by atoms with van der Waals surface area (Å²) >= 11 is 0. The van der Waals surface area contributed by atoms with E-state index < -0.39 is 0 Å². The Morgan fingerprint density at radius 1 is 0.824 bits per heavy atom. The van der Waals surface area contributed by atoms with Crippen LogP contribution in [0.25, 0.3) is 11.5 Å². The molecule has 0 aliphatic carbocycles. The lowest BCUT2D eigenvalue weighted by molar-refractivity contribution is 0.233. The summed E-state index contributed by atoms with van der Waals surface area (Å²) in [6.07, 6.45) is 3.41. The Morgan fingerprint density at radius 2 is 1.59 bits per heavy atom. The molecule has 0 amide bonds. The lowest BCUT2D eigenvalue weighted by Crippen LogP contribution is -2.42. The molecule has 1 saturated heterocycles. The minimum absolute atomic E-state index is 0.509. The Kier molecular flexibility index (Phi) is 6.64. The summed E-state index contributed by atoms with van der Waals surface area (Å²) in [5.74, 6) is 2.33. The van der Waals surface area contributed by atoms with Crippen molar-refractivity contribution in [1.82, 2.24) is 35.1 Å². The number of piperazine rings is 1. The molecule has 0 radical (unpaired) electrons. The molecule has 0 saturated carbocycles. The van der Waals surface area contributed by atoms with Gasteiger partial charge in [0.2, 0.25) is 5.95 Å². The van der Waals surface area contributed by atoms with Gasteiger partial charge in [0.1, 0.15) is 17.3 Å². The normalized spacial score (nSPS) is 14.0. The number of nitrogens with zero attached hydrogens (tertiary/aromatic N) is 6. The number of anilines is 4. The van der Waals surface area contributed by atoms with E-state index in [0.29, 0.717) is 23.4 Å². The zero-order valence-corrected chi connectivity index (χ0v) is 19.1. The zero-order valence-electron chi connectivity index (χ0n) is 19.1. The lowest BCUT2D eigenvalue weighted by atomic mass is 10.2. The molecule has 1 aliphatic rings. The van der Waals surface area contributed by atoms with Crippen LogP contribution in [0.4, 0.5) is 23.3 Å². The number of benzene rings is 1. The van der Waals surface area contributed by atoms with E-state index in [-0.39, 0.29) is 0 Å². The smallest absolute Gasteiger partial charge is 0.229 e. The highest BCUT2D eigenvalue weighted by Gasteiger charge is 2.10. The summed E-state index contributed by atoms with van der Waals surface area (Å²) in [4.78, 5) is 24.8. The van der Waals surface area contributed by atoms with Crippen LogP contribution in [0.3, 0.4) is 0 Å². The van der Waals surface area contributed by atoms with Crippen LogP contribution in [0.1, 0.15) is 11.3 Å². The molecule has 4 aromatic rings. The average Bonchev–Trinajstić information content (AvgIpc) is 2.86. The monoisotopic (exact) mass is 453 g/mol. The molecule has 172 valence electrons. The topological polar surface area (TPSA) is 104 Å². The Balaban J connectivity index is 1.24. The summed E-state index contributed by atoms with van der Waals surface area (Å²) in [5.41, 5.74) is 3.89. The van der Waals surface area contributed by atoms with Gasteiger partial charge in [0, 0.05) is 56.5 Å². The Bertz CT molecular complexity index is 1240. The highest BCUT2D eigenvalue weighted by atomic mass is 15.2. The SMILES string of the molecule is Cc1cccc(-c2nccc(Nc3ccnc(Nc4ccc(CN5CCNCC5)cc4)n3)n2)n1. The van der Waals surface area contributed by atoms with Crippen molar-refractivity contribution < 1.29 is 0 Å². The number of hydrogen-bond donors (Lipinski definition) is 3. The van der Waals surface area contributed by atoms with E-state index in [9.17, 15) is 0 Å². The second-order valence-electron chi connectivity index (χ2n) is 8.17. The van der Waals surface area contributed by atoms with E-state index in [1.807, 2.05) is 25.1 Å². The molecule has 5 rings (SSSR count). The van der Waals surface area contributed by atoms with Crippen LogP contribution in [0.5, 0.6) is 0 Å². The molecule has 0 bridgehead atoms. The Hall–Kier alpha value is -3.95. The molecule has 3 aromatic heterocycles. The van der Waals surface area contributed by atoms with Crippen LogP contribution in [-0.2, 0) is 6.54 Å². The van der Waals surface area contributed by atoms with Crippen LogP contribution in [-0.4, -0.2) is 56.0 Å². The largest absolute Gasteiger partial charge is 0.325 e. The zero-order chi connectivity index (χ0) is 23.2. The summed E-state index contributed by atoms with van der Waals surface area (Å²) < 4.78 is 0. The number of hydrogen-bond acceptors (Lipinski definition) is 9. The van der Waals surface area contributed by atoms with Gasteiger partial charge in [0.25, 0.3) is 0 Å². The van der Waals surface area contributed by atoms with Crippen molar-refractivity contribution in [1.29, 1.82) is 0 Å². The minimum atomic E-state index is 0.509. The third-order valence-electron chi connectivity index (χ3n) is 5.51. The third kappa shape index (κ3) is 5.69. The maximum Gasteiger partial charge on any atom is 0.229 e. The highest BCUT2D eigenvalue weighted by Crippen LogP contribution is 2.19. The molecule has 4 heterocycles. The number of aromatic nitrogens is 5. The van der Waals surface area contributed by atoms with Gasteiger partial charge in [-0.1, -0.05) is 18.2 Å². The molecule has 3 N–H and O–H groups in total. The molecule has 1 aliphatic heterocycles. The van der Waals surface area contributed by atoms with Crippen molar-refractivity contribution in [2.24, 2.45) is 0 Å². The van der Waals surface area contributed by atoms with Gasteiger partial charge in [-0.2, -0.15) is 4.98 Å². The summed E-state index contributed by atoms with van der Waals surface area (Å²) in [6.45, 7) is 7.20. The summed E-state index contributed by atoms with van der Waals surface area (Å²) in [6, 6.07) is 17.8. The van der Waals surface area contributed by atoms with Crippen molar-refractivity contribution >= 4 is 23.3 Å². The maximum atomic E-state index is 4.58. The highest BCUT2D eigenvalue weighted by molar-refractivity contribution is 5.59. The number of rotatable bonds is 7. The van der Waals surface area contributed by atoms with Crippen LogP contribution < -0.4 is 16.0 Å². The predicted molar refractivity (Wildman–Crippen MR) is 133 cm³/mol. The van der Waals surface area contributed by atoms with E-state index in [1.165, 1.54) is 5.56 Å². The number of nitrogens with one attached hydrogen (secondary N) is 3. The Labute approximate surface area is 198 Å². The van der Waals surface area contributed by atoms with Gasteiger partial charge in [0.15, 0.2) is 5.82 Å². The molecular formula is C25H27N9. The van der Waals surface area contributed by atoms with E-state index in [2.05, 4.69) is 70.0 Å². The van der Waals surface area contributed by atoms with Crippen molar-refractivity contribution in [3.8, 4) is 11.5 Å². The van der Waals surface area contributed by atoms with Gasteiger partial charge in [0.05, 0.1) is 0 Å². The molecule has 1 aromatic carbocycles. The van der Waals surface area contributed by atoms with Gasteiger partial charge in [-0.25, -0.2) is 19.9 Å². The van der Waals surface area contributed by atoms with E-state index in [4.69, 9.17) is 0 Å². The van der Waals surface area contributed by atoms with Crippen LogP contribution >= 0.6 is 0 Å². The molecule has 0 spiro atoms. The average molecular weight is 454 g/mol. The second kappa shape index (κ2) is 10.3. The first-order valence-electron chi connectivity index (χ1n) is 11.4. The molecule has 0 unspecified atom stereocenters. The van der Waals surface area contributed by atoms with Crippen LogP contribution in [0, 0.1) is 6.92 Å². The Morgan fingerprint density at radius 3 is 2.38 bits per heavy atom. The molecule has 9 heteroatoms. The minimum Gasteiger partial charge on any atom is -0.325 e. The van der Waals surface area contributed by atoms with Gasteiger partial charge >= 0.3 is 0 Å². The first-order chi connectivity index (χ1) is 16.7. The molecule has 0 atom stereocenters. The van der Waals surface area contributed by atoms with Crippen molar-refractivity contribution in [2.75, 3.05) is 36.8 Å². The quantitative estimate of drug-likeness (QED) is 0.388. The summed E-state index contributed by atoms with van der Waals surface area (Å²) in [7, 11) is 0. The predicted octanol–water partition coefficient (Wildman–Crippen LogP) is 3.53. The molecule has 1 fully saturated rings. The molecule has 9 nitrogen and oxygen atoms in total. The standard InChI is InChI=1S/C25H27N9/c1-18-3-2-4-21(29-18)24-27-11-9-22(32-24)31-23-10-12-28-25(33-23)30-20-7-5-19(6-8-20)17-34-15-13-26-14-16-34/h2-12,26H,13-17H2,1H3,(H2,27,28,30,31,32,33). The van der Waals surface area contributed by atoms with Crippen molar-refractivity contribution in [3.63, 3.8) is 0 Å². The molecule has 34 heavy (non-hydrogen) atoms. The van der Waals surface area contributed by atoms with Gasteiger partial charge < -0.3 is 16.0 Å². The maximum absolute atomic E-state index is 4.58. The lowest BCUT2D eigenvalue weighted by Gasteiger charge is -2.27. The fourth-order valence-corrected chi connectivity index (χ4v) is 3.79. The van der Waals surface area contributed by atoms with E-state index in [1.54, 1.807) is 24.5 Å². The number of pyridine rings is 1. The number of aryl methyl sites for hydroxylation is 1. The first-order valence-corrected chi connectivity index (χ1v) is 11.4. The molecular weight excluding hydrogens is 426 g/mol. The van der Waals surface area contributed by atoms with Crippen molar-refractivity contribution in [2.45, 2.75) is 13.5 Å². The van der Waals surface area contributed by atoms with Crippen LogP contribution in [0.2, 0.25) is 0 Å². The van der Waals surface area contributed by atoms with Gasteiger partial charge in [-0.05, 0) is 48.9 Å².